The summed E-state index contributed by atoms with van der Waals surface area (Å²) in [5.74, 6) is 0.0905. The molecule has 2 N–H and O–H groups in total. The third-order valence-electron chi connectivity index (χ3n) is 5.72. The molecule has 1 aromatic carbocycles. The highest BCUT2D eigenvalue weighted by molar-refractivity contribution is 6.09. The summed E-state index contributed by atoms with van der Waals surface area (Å²) in [6.07, 6.45) is 1.74. The van der Waals surface area contributed by atoms with E-state index in [9.17, 15) is 19.6 Å². The monoisotopic (exact) mass is 398 g/mol. The Hall–Kier alpha value is -3.28. The van der Waals surface area contributed by atoms with Gasteiger partial charge in [-0.25, -0.2) is 4.79 Å². The van der Waals surface area contributed by atoms with Crippen LogP contribution in [0.5, 0.6) is 11.5 Å². The third-order valence-corrected chi connectivity index (χ3v) is 5.72. The molecule has 2 fully saturated rings. The van der Waals surface area contributed by atoms with E-state index in [2.05, 4.69) is 16.7 Å². The molecule has 0 radical (unpaired) electrons. The molecule has 9 nitrogen and oxygen atoms in total. The Labute approximate surface area is 167 Å². The predicted octanol–water partition coefficient (Wildman–Crippen LogP) is 1.03. The van der Waals surface area contributed by atoms with Crippen LogP contribution in [0.15, 0.2) is 18.2 Å². The van der Waals surface area contributed by atoms with E-state index in [1.165, 1.54) is 0 Å². The molecule has 2 atom stereocenters. The molecule has 1 saturated carbocycles. The van der Waals surface area contributed by atoms with Gasteiger partial charge < -0.3 is 20.1 Å². The third kappa shape index (κ3) is 3.24. The van der Waals surface area contributed by atoms with Gasteiger partial charge in [0, 0.05) is 0 Å². The van der Waals surface area contributed by atoms with Gasteiger partial charge in [0.15, 0.2) is 11.5 Å². The Morgan fingerprint density at radius 2 is 2.03 bits per heavy atom. The number of amides is 4. The first kappa shape index (κ1) is 19.1. The number of nitrogens with one attached hydrogen (secondary N) is 2. The largest absolute Gasteiger partial charge is 0.486 e. The Morgan fingerprint density at radius 1 is 1.34 bits per heavy atom. The van der Waals surface area contributed by atoms with Crippen LogP contribution in [-0.2, 0) is 15.1 Å². The lowest BCUT2D eigenvalue weighted by molar-refractivity contribution is -0.135. The Bertz CT molecular complexity index is 937. The van der Waals surface area contributed by atoms with Crippen LogP contribution in [0.1, 0.15) is 32.3 Å². The molecule has 1 aliphatic carbocycles. The zero-order valence-corrected chi connectivity index (χ0v) is 16.3. The van der Waals surface area contributed by atoms with Gasteiger partial charge in [-0.2, -0.15) is 5.26 Å². The number of hydrogen-bond acceptors (Lipinski definition) is 6. The molecule has 0 unspecified atom stereocenters. The molecule has 0 bridgehead atoms. The maximum atomic E-state index is 13.0. The van der Waals surface area contributed by atoms with Gasteiger partial charge in [-0.3, -0.25) is 14.5 Å². The number of rotatable bonds is 5. The highest BCUT2D eigenvalue weighted by atomic mass is 16.6. The molecule has 2 heterocycles. The molecule has 0 spiro atoms. The van der Waals surface area contributed by atoms with E-state index in [1.54, 1.807) is 32.0 Å². The summed E-state index contributed by atoms with van der Waals surface area (Å²) in [5.41, 5.74) is -1.79. The first-order chi connectivity index (χ1) is 13.8. The molecule has 3 aliphatic rings. The molecule has 1 saturated heterocycles. The van der Waals surface area contributed by atoms with E-state index < -0.39 is 35.5 Å². The quantitative estimate of drug-likeness (QED) is 0.715. The van der Waals surface area contributed by atoms with Gasteiger partial charge in [0.2, 0.25) is 5.91 Å². The van der Waals surface area contributed by atoms with Crippen molar-refractivity contribution in [2.75, 3.05) is 19.8 Å². The van der Waals surface area contributed by atoms with Crippen molar-refractivity contribution < 1.29 is 23.9 Å². The van der Waals surface area contributed by atoms with Crippen molar-refractivity contribution in [3.05, 3.63) is 23.8 Å². The van der Waals surface area contributed by atoms with Crippen molar-refractivity contribution in [2.45, 2.75) is 37.8 Å². The van der Waals surface area contributed by atoms with Crippen LogP contribution < -0.4 is 20.1 Å². The number of nitriles is 1. The second-order valence-electron chi connectivity index (χ2n) is 7.94. The molecule has 4 rings (SSSR count). The number of imide groups is 1. The average Bonchev–Trinajstić information content (AvgIpc) is 3.54. The van der Waals surface area contributed by atoms with Gasteiger partial charge in [-0.1, -0.05) is 6.07 Å². The fourth-order valence-electron chi connectivity index (χ4n) is 3.75. The van der Waals surface area contributed by atoms with E-state index in [0.717, 1.165) is 17.7 Å². The maximum absolute atomic E-state index is 13.0. The summed E-state index contributed by atoms with van der Waals surface area (Å²) in [6.45, 7) is 3.64. The number of ether oxygens (including phenoxy) is 2. The standard InChI is InChI=1S/C20H22N4O5/c1-19(11-21,12-3-4-12)22-16(25)10-24-17(26)20(2,23-18(24)27)13-5-6-14-15(9-13)29-8-7-28-14/h5-6,9,12H,3-4,7-8,10H2,1-2H3,(H,22,25)(H,23,27)/t19-,20+/m1/s1. The van der Waals surface area contributed by atoms with Gasteiger partial charge in [0.25, 0.3) is 5.91 Å². The highest BCUT2D eigenvalue weighted by Crippen LogP contribution is 2.39. The van der Waals surface area contributed by atoms with Crippen molar-refractivity contribution in [3.8, 4) is 17.6 Å². The zero-order valence-electron chi connectivity index (χ0n) is 16.3. The van der Waals surface area contributed by atoms with E-state index in [4.69, 9.17) is 9.47 Å². The van der Waals surface area contributed by atoms with Crippen LogP contribution in [0.25, 0.3) is 0 Å². The first-order valence-electron chi connectivity index (χ1n) is 9.53. The maximum Gasteiger partial charge on any atom is 0.325 e. The first-order valence-corrected chi connectivity index (χ1v) is 9.53. The summed E-state index contributed by atoms with van der Waals surface area (Å²) >= 11 is 0. The topological polar surface area (TPSA) is 121 Å². The summed E-state index contributed by atoms with van der Waals surface area (Å²) in [4.78, 5) is 38.9. The number of hydrogen-bond donors (Lipinski definition) is 2. The summed E-state index contributed by atoms with van der Waals surface area (Å²) in [5, 5.41) is 14.7. The second kappa shape index (κ2) is 6.65. The molecule has 9 heteroatoms. The minimum atomic E-state index is -1.33. The van der Waals surface area contributed by atoms with E-state index in [0.29, 0.717) is 30.3 Å². The van der Waals surface area contributed by atoms with E-state index in [1.807, 2.05) is 0 Å². The van der Waals surface area contributed by atoms with Crippen LogP contribution in [0.4, 0.5) is 4.79 Å². The molecule has 1 aromatic rings. The average molecular weight is 398 g/mol. The van der Waals surface area contributed by atoms with Crippen LogP contribution in [-0.4, -0.2) is 48.0 Å². The Balaban J connectivity index is 1.51. The minimum Gasteiger partial charge on any atom is -0.486 e. The SMILES string of the molecule is C[C@](C#N)(NC(=O)CN1C(=O)N[C@@](C)(c2ccc3c(c2)OCCO3)C1=O)C1CC1. The van der Waals surface area contributed by atoms with Crippen LogP contribution in [0.3, 0.4) is 0 Å². The zero-order chi connectivity index (χ0) is 20.8. The number of fused-ring (bicyclic) bond motifs is 1. The summed E-state index contributed by atoms with van der Waals surface area (Å²) in [7, 11) is 0. The number of carbonyl (C=O) groups is 3. The van der Waals surface area contributed by atoms with Gasteiger partial charge in [-0.15, -0.1) is 0 Å². The summed E-state index contributed by atoms with van der Waals surface area (Å²) in [6, 6.07) is 6.51. The van der Waals surface area contributed by atoms with Crippen LogP contribution >= 0.6 is 0 Å². The van der Waals surface area contributed by atoms with Crippen molar-refractivity contribution in [1.82, 2.24) is 15.5 Å². The highest BCUT2D eigenvalue weighted by Gasteiger charge is 2.50. The van der Waals surface area contributed by atoms with Crippen LogP contribution in [0, 0.1) is 17.2 Å². The van der Waals surface area contributed by atoms with Gasteiger partial charge in [0.05, 0.1) is 6.07 Å². The number of urea groups is 1. The Morgan fingerprint density at radius 3 is 2.69 bits per heavy atom. The fraction of sp³-hybridized carbons (Fsp3) is 0.500. The Kier molecular flexibility index (Phi) is 4.37. The number of nitrogens with zero attached hydrogens (tertiary/aromatic N) is 2. The van der Waals surface area contributed by atoms with Crippen molar-refractivity contribution in [2.24, 2.45) is 5.92 Å². The molecular weight excluding hydrogens is 376 g/mol. The molecule has 0 aromatic heterocycles. The fourth-order valence-corrected chi connectivity index (χ4v) is 3.75. The summed E-state index contributed by atoms with van der Waals surface area (Å²) < 4.78 is 11.1. The number of carbonyl (C=O) groups excluding carboxylic acids is 3. The lowest BCUT2D eigenvalue weighted by Gasteiger charge is -2.26. The van der Waals surface area contributed by atoms with Crippen molar-refractivity contribution in [1.29, 1.82) is 5.26 Å². The molecular formula is C20H22N4O5. The van der Waals surface area contributed by atoms with Gasteiger partial charge >= 0.3 is 6.03 Å². The van der Waals surface area contributed by atoms with E-state index in [-0.39, 0.29) is 5.92 Å². The smallest absolute Gasteiger partial charge is 0.325 e. The minimum absolute atomic E-state index is 0.0996. The molecule has 4 amide bonds. The second-order valence-corrected chi connectivity index (χ2v) is 7.94. The normalized spacial score (nSPS) is 25.1. The molecule has 29 heavy (non-hydrogen) atoms. The van der Waals surface area contributed by atoms with Gasteiger partial charge in [-0.05, 0) is 50.3 Å². The van der Waals surface area contributed by atoms with Gasteiger partial charge in [0.1, 0.15) is 30.8 Å². The predicted molar refractivity (Wildman–Crippen MR) is 99.9 cm³/mol. The van der Waals surface area contributed by atoms with Crippen LogP contribution in [0.2, 0.25) is 0 Å². The van der Waals surface area contributed by atoms with Crippen molar-refractivity contribution >= 4 is 17.8 Å². The van der Waals surface area contributed by atoms with E-state index >= 15 is 0 Å². The lowest BCUT2D eigenvalue weighted by atomic mass is 9.91. The van der Waals surface area contributed by atoms with Crippen molar-refractivity contribution in [3.63, 3.8) is 0 Å². The molecule has 152 valence electrons. The molecule has 2 aliphatic heterocycles. The number of benzene rings is 1. The lowest BCUT2D eigenvalue weighted by Crippen LogP contribution is -2.51.